The van der Waals surface area contributed by atoms with Gasteiger partial charge in [0.2, 0.25) is 0 Å². The van der Waals surface area contributed by atoms with Gasteiger partial charge in [0.05, 0.1) is 16.6 Å². The molecule has 116 valence electrons. The molecule has 0 bridgehead atoms. The molecular weight excluding hydrogens is 368 g/mol. The molecule has 0 saturated carbocycles. The molecule has 22 heavy (non-hydrogen) atoms. The van der Waals surface area contributed by atoms with Crippen molar-refractivity contribution < 1.29 is 14.6 Å². The number of ether oxygens (including phenoxy) is 1. The molecule has 0 amide bonds. The largest absolute Gasteiger partial charge is 0.492 e. The number of carboxylic acid groups (broad SMARTS) is 1. The highest BCUT2D eigenvalue weighted by atomic mass is 79.9. The van der Waals surface area contributed by atoms with Crippen LogP contribution in [0.4, 0.5) is 0 Å². The third-order valence-corrected chi connectivity index (χ3v) is 4.07. The number of aryl methyl sites for hydroxylation is 2. The van der Waals surface area contributed by atoms with Gasteiger partial charge in [0.1, 0.15) is 5.75 Å². The summed E-state index contributed by atoms with van der Waals surface area (Å²) in [6.07, 6.45) is 1.55. The van der Waals surface area contributed by atoms with Gasteiger partial charge in [-0.3, -0.25) is 0 Å². The van der Waals surface area contributed by atoms with Crippen LogP contribution in [-0.2, 0) is 12.8 Å². The SMILES string of the molecule is CCOc1c(Br)cc(Cl)cc1CCc1ccc(C(=O)O)cc1. The molecular formula is C17H16BrClO3. The predicted molar refractivity (Wildman–Crippen MR) is 91.1 cm³/mol. The Balaban J connectivity index is 2.15. The van der Waals surface area contributed by atoms with Crippen molar-refractivity contribution in [1.29, 1.82) is 0 Å². The van der Waals surface area contributed by atoms with Crippen LogP contribution in [0, 0.1) is 0 Å². The van der Waals surface area contributed by atoms with Crippen molar-refractivity contribution in [3.8, 4) is 5.75 Å². The maximum absolute atomic E-state index is 10.8. The van der Waals surface area contributed by atoms with Crippen molar-refractivity contribution in [2.24, 2.45) is 0 Å². The number of benzene rings is 2. The molecule has 5 heteroatoms. The van der Waals surface area contributed by atoms with Crippen LogP contribution in [0.15, 0.2) is 40.9 Å². The summed E-state index contributed by atoms with van der Waals surface area (Å²) in [5.74, 6) is -0.0991. The molecule has 0 aliphatic carbocycles. The van der Waals surface area contributed by atoms with Crippen molar-refractivity contribution in [3.63, 3.8) is 0 Å². The Morgan fingerprint density at radius 3 is 2.50 bits per heavy atom. The predicted octanol–water partition coefficient (Wildman–Crippen LogP) is 4.98. The summed E-state index contributed by atoms with van der Waals surface area (Å²) in [6, 6.07) is 10.6. The Morgan fingerprint density at radius 2 is 1.91 bits per heavy atom. The fourth-order valence-corrected chi connectivity index (χ4v) is 3.19. The Kier molecular flexibility index (Phi) is 5.86. The van der Waals surface area contributed by atoms with Crippen LogP contribution in [0.1, 0.15) is 28.4 Å². The minimum Gasteiger partial charge on any atom is -0.492 e. The molecule has 0 unspecified atom stereocenters. The van der Waals surface area contributed by atoms with Crippen LogP contribution < -0.4 is 4.74 Å². The van der Waals surface area contributed by atoms with Crippen LogP contribution in [0.2, 0.25) is 5.02 Å². The molecule has 1 N–H and O–H groups in total. The number of hydrogen-bond donors (Lipinski definition) is 1. The van der Waals surface area contributed by atoms with Gasteiger partial charge in [-0.2, -0.15) is 0 Å². The van der Waals surface area contributed by atoms with Gasteiger partial charge in [0.25, 0.3) is 0 Å². The standard InChI is InChI=1S/C17H16BrClO3/c1-2-22-16-13(9-14(19)10-15(16)18)8-5-11-3-6-12(7-4-11)17(20)21/h3-4,6-7,9-10H,2,5,8H2,1H3,(H,20,21). The van der Waals surface area contributed by atoms with E-state index in [0.717, 1.165) is 34.2 Å². The minimum atomic E-state index is -0.913. The highest BCUT2D eigenvalue weighted by Gasteiger charge is 2.10. The lowest BCUT2D eigenvalue weighted by Crippen LogP contribution is -2.01. The number of carbonyl (C=O) groups is 1. The molecule has 0 heterocycles. The van der Waals surface area contributed by atoms with Crippen molar-refractivity contribution in [1.82, 2.24) is 0 Å². The Morgan fingerprint density at radius 1 is 1.23 bits per heavy atom. The highest BCUT2D eigenvalue weighted by molar-refractivity contribution is 9.10. The maximum Gasteiger partial charge on any atom is 0.335 e. The number of halogens is 2. The first kappa shape index (κ1) is 16.8. The molecule has 2 aromatic rings. The highest BCUT2D eigenvalue weighted by Crippen LogP contribution is 2.33. The van der Waals surface area contributed by atoms with Gasteiger partial charge in [0, 0.05) is 5.02 Å². The van der Waals surface area contributed by atoms with E-state index in [0.29, 0.717) is 17.2 Å². The normalized spacial score (nSPS) is 10.5. The summed E-state index contributed by atoms with van der Waals surface area (Å²) in [4.78, 5) is 10.8. The summed E-state index contributed by atoms with van der Waals surface area (Å²) >= 11 is 9.58. The van der Waals surface area contributed by atoms with Crippen LogP contribution in [0.3, 0.4) is 0 Å². The molecule has 0 aromatic heterocycles. The molecule has 0 atom stereocenters. The van der Waals surface area contributed by atoms with Gasteiger partial charge in [-0.15, -0.1) is 0 Å². The zero-order chi connectivity index (χ0) is 16.1. The molecule has 0 aliphatic heterocycles. The fraction of sp³-hybridized carbons (Fsp3) is 0.235. The molecule has 0 radical (unpaired) electrons. The second kappa shape index (κ2) is 7.65. The molecule has 0 spiro atoms. The maximum atomic E-state index is 10.8. The zero-order valence-electron chi connectivity index (χ0n) is 12.1. The minimum absolute atomic E-state index is 0.296. The van der Waals surface area contributed by atoms with E-state index < -0.39 is 5.97 Å². The monoisotopic (exact) mass is 382 g/mol. The van der Waals surface area contributed by atoms with E-state index in [9.17, 15) is 4.79 Å². The van der Waals surface area contributed by atoms with E-state index in [1.54, 1.807) is 12.1 Å². The molecule has 3 nitrogen and oxygen atoms in total. The third-order valence-electron chi connectivity index (χ3n) is 3.26. The average Bonchev–Trinajstić information content (AvgIpc) is 2.48. The van der Waals surface area contributed by atoms with Gasteiger partial charge >= 0.3 is 5.97 Å². The van der Waals surface area contributed by atoms with Crippen molar-refractivity contribution in [2.45, 2.75) is 19.8 Å². The van der Waals surface area contributed by atoms with Crippen LogP contribution >= 0.6 is 27.5 Å². The Bertz CT molecular complexity index is 668. The Labute approximate surface area is 143 Å². The van der Waals surface area contributed by atoms with Crippen molar-refractivity contribution >= 4 is 33.5 Å². The number of rotatable bonds is 6. The smallest absolute Gasteiger partial charge is 0.335 e. The summed E-state index contributed by atoms with van der Waals surface area (Å²) in [5, 5.41) is 9.56. The van der Waals surface area contributed by atoms with E-state index in [-0.39, 0.29) is 0 Å². The summed E-state index contributed by atoms with van der Waals surface area (Å²) in [7, 11) is 0. The van der Waals surface area contributed by atoms with Crippen LogP contribution in [0.25, 0.3) is 0 Å². The van der Waals surface area contributed by atoms with Crippen molar-refractivity contribution in [2.75, 3.05) is 6.61 Å². The fourth-order valence-electron chi connectivity index (χ4n) is 2.20. The van der Waals surface area contributed by atoms with Gasteiger partial charge in [0.15, 0.2) is 0 Å². The summed E-state index contributed by atoms with van der Waals surface area (Å²) in [5.41, 5.74) is 2.40. The van der Waals surface area contributed by atoms with E-state index >= 15 is 0 Å². The molecule has 0 saturated heterocycles. The lowest BCUT2D eigenvalue weighted by atomic mass is 10.0. The molecule has 2 rings (SSSR count). The number of aromatic carboxylic acids is 1. The zero-order valence-corrected chi connectivity index (χ0v) is 14.4. The van der Waals surface area contributed by atoms with Crippen molar-refractivity contribution in [3.05, 3.63) is 62.6 Å². The summed E-state index contributed by atoms with van der Waals surface area (Å²) < 4.78 is 6.52. The molecule has 0 fully saturated rings. The quantitative estimate of drug-likeness (QED) is 0.765. The van der Waals surface area contributed by atoms with Gasteiger partial charge < -0.3 is 9.84 Å². The second-order valence-corrected chi connectivity index (χ2v) is 6.10. The number of carboxylic acids is 1. The lowest BCUT2D eigenvalue weighted by molar-refractivity contribution is 0.0697. The third kappa shape index (κ3) is 4.24. The Hall–Kier alpha value is -1.52. The van der Waals surface area contributed by atoms with E-state index in [2.05, 4.69) is 15.9 Å². The van der Waals surface area contributed by atoms with Gasteiger partial charge in [-0.25, -0.2) is 4.79 Å². The average molecular weight is 384 g/mol. The van der Waals surface area contributed by atoms with Crippen LogP contribution in [-0.4, -0.2) is 17.7 Å². The molecule has 2 aromatic carbocycles. The summed E-state index contributed by atoms with van der Waals surface area (Å²) in [6.45, 7) is 2.52. The van der Waals surface area contributed by atoms with E-state index in [1.165, 1.54) is 0 Å². The second-order valence-electron chi connectivity index (χ2n) is 4.81. The van der Waals surface area contributed by atoms with Gasteiger partial charge in [-0.05, 0) is 71.1 Å². The van der Waals surface area contributed by atoms with E-state index in [4.69, 9.17) is 21.4 Å². The number of hydrogen-bond acceptors (Lipinski definition) is 2. The first-order valence-corrected chi connectivity index (χ1v) is 8.11. The lowest BCUT2D eigenvalue weighted by Gasteiger charge is -2.13. The topological polar surface area (TPSA) is 46.5 Å². The van der Waals surface area contributed by atoms with E-state index in [1.807, 2.05) is 31.2 Å². The van der Waals surface area contributed by atoms with Gasteiger partial charge in [-0.1, -0.05) is 23.7 Å². The first-order valence-electron chi connectivity index (χ1n) is 6.94. The molecule has 0 aliphatic rings. The van der Waals surface area contributed by atoms with Crippen LogP contribution in [0.5, 0.6) is 5.75 Å². The first-order chi connectivity index (χ1) is 10.5.